The quantitative estimate of drug-likeness (QED) is 0.0897. The normalized spacial score (nSPS) is 19.5. The molecule has 2 aromatic heterocycles. The topological polar surface area (TPSA) is 243 Å². The van der Waals surface area contributed by atoms with Crippen molar-refractivity contribution < 1.29 is 38.9 Å². The summed E-state index contributed by atoms with van der Waals surface area (Å²) in [4.78, 5) is 71.8. The molecule has 4 aliphatic rings. The van der Waals surface area contributed by atoms with Crippen LogP contribution >= 0.6 is 12.4 Å². The van der Waals surface area contributed by atoms with Crippen LogP contribution in [0.25, 0.3) is 44.3 Å². The molecule has 0 radical (unpaired) electrons. The first-order valence-electron chi connectivity index (χ1n) is 21.4. The molecular formula is C48H48ClN9O8. The van der Waals surface area contributed by atoms with Crippen molar-refractivity contribution in [3.05, 3.63) is 107 Å². The van der Waals surface area contributed by atoms with Gasteiger partial charge in [0.2, 0.25) is 11.8 Å². The number of β-amino-alcohol motifs (C(OH)–C–C–N with tert-alkyl or cyclic N) is 1. The zero-order valence-corrected chi connectivity index (χ0v) is 37.0. The second kappa shape index (κ2) is 18.3. The number of ether oxygens (including phenoxy) is 1. The van der Waals surface area contributed by atoms with Crippen LogP contribution < -0.4 is 21.5 Å². The Morgan fingerprint density at radius 1 is 0.697 bits per heavy atom. The number of aliphatic hydroxyl groups excluding tert-OH is 2. The van der Waals surface area contributed by atoms with Crippen molar-refractivity contribution in [3.8, 4) is 22.5 Å². The fraction of sp³-hybridized carbons (Fsp3) is 0.271. The van der Waals surface area contributed by atoms with Gasteiger partial charge in [0.15, 0.2) is 0 Å². The highest BCUT2D eigenvalue weighted by atomic mass is 35.5. The van der Waals surface area contributed by atoms with E-state index in [1.807, 2.05) is 66.7 Å². The summed E-state index contributed by atoms with van der Waals surface area (Å²) in [5, 5.41) is 35.2. The third-order valence-corrected chi connectivity index (χ3v) is 11.7. The molecule has 340 valence electrons. The van der Waals surface area contributed by atoms with E-state index in [-0.39, 0.29) is 43.1 Å². The van der Waals surface area contributed by atoms with Crippen molar-refractivity contribution in [2.75, 3.05) is 17.2 Å². The second-order valence-corrected chi connectivity index (χ2v) is 17.5. The van der Waals surface area contributed by atoms with Crippen molar-refractivity contribution in [1.29, 1.82) is 0 Å². The molecule has 1 saturated carbocycles. The number of hydrazone groups is 2. The molecule has 17 nitrogen and oxygen atoms in total. The predicted octanol–water partition coefficient (Wildman–Crippen LogP) is 6.65. The lowest BCUT2D eigenvalue weighted by molar-refractivity contribution is -0.120. The van der Waals surface area contributed by atoms with Crippen LogP contribution in [0.4, 0.5) is 16.2 Å². The number of halogens is 1. The summed E-state index contributed by atoms with van der Waals surface area (Å²) < 4.78 is 5.41. The molecule has 0 unspecified atom stereocenters. The smallest absolute Gasteiger partial charge is 0.411 e. The van der Waals surface area contributed by atoms with E-state index in [1.54, 1.807) is 51.4 Å². The van der Waals surface area contributed by atoms with Gasteiger partial charge < -0.3 is 35.6 Å². The molecule has 66 heavy (non-hydrogen) atoms. The fourth-order valence-electron chi connectivity index (χ4n) is 8.82. The minimum absolute atomic E-state index is 0. The van der Waals surface area contributed by atoms with Gasteiger partial charge >= 0.3 is 6.09 Å². The SMILES string of the molecule is CC(C)(C)OC(=O)N1C[C@H](O)C[C@H]1C(=O)Nc1cc2c3c(c(-c4ccccc4)[nH]c3c1)C=NNC2=O.Cl.O=C1NN=Cc2c(-c3ccccc3)[nH]c3cc(NC(=O)[C@H]4CC[C@H](O)C4)cc1c23. The number of hydrogen-bond donors (Lipinski definition) is 8. The third-order valence-electron chi connectivity index (χ3n) is 11.7. The summed E-state index contributed by atoms with van der Waals surface area (Å²) in [6.07, 6.45) is 3.19. The van der Waals surface area contributed by atoms with E-state index in [0.717, 1.165) is 44.5 Å². The molecule has 1 saturated heterocycles. The van der Waals surface area contributed by atoms with E-state index in [0.29, 0.717) is 52.7 Å². The van der Waals surface area contributed by atoms with Crippen molar-refractivity contribution in [2.24, 2.45) is 16.1 Å². The number of aromatic nitrogens is 2. The predicted molar refractivity (Wildman–Crippen MR) is 253 cm³/mol. The largest absolute Gasteiger partial charge is 0.444 e. The number of aromatic amines is 2. The van der Waals surface area contributed by atoms with E-state index >= 15 is 0 Å². The maximum atomic E-state index is 13.2. The van der Waals surface area contributed by atoms with E-state index in [4.69, 9.17) is 4.74 Å². The van der Waals surface area contributed by atoms with Crippen LogP contribution in [-0.2, 0) is 14.3 Å². The summed E-state index contributed by atoms with van der Waals surface area (Å²) >= 11 is 0. The standard InChI is InChI=1S/C26H27N5O5.C22H20N4O3.ClH/c1-26(2,3)36-25(35)31-13-16(32)11-20(31)24(34)28-15-9-17-21-18(12-27-30-23(17)33)22(29-19(21)10-15)14-7-5-4-6-8-14;27-15-7-6-13(8-15)21(28)24-14-9-16-19-17(11-23-26-22(16)29)20(25-18(19)10-14)12-4-2-1-3-5-12;/h4-10,12,16,20,29,32H,11,13H2,1-3H3,(H,28,34)(H,30,33);1-5,9-11,13,15,25,27H,6-8H2,(H,24,28)(H,26,29);1H/t16-,20+;13-,15-;/m10./s1. The maximum absolute atomic E-state index is 13.2. The molecule has 0 bridgehead atoms. The average Bonchev–Trinajstić information content (AvgIpc) is 4.03. The number of rotatable bonds is 6. The van der Waals surface area contributed by atoms with Crippen LogP contribution in [0, 0.1) is 5.92 Å². The van der Waals surface area contributed by atoms with E-state index in [9.17, 15) is 34.2 Å². The first kappa shape index (κ1) is 45.2. The van der Waals surface area contributed by atoms with Crippen LogP contribution in [0.15, 0.2) is 95.1 Å². The number of carbonyl (C=O) groups is 5. The summed E-state index contributed by atoms with van der Waals surface area (Å²) in [6.45, 7) is 5.20. The number of nitrogens with zero attached hydrogens (tertiary/aromatic N) is 3. The zero-order chi connectivity index (χ0) is 45.6. The van der Waals surface area contributed by atoms with Gasteiger partial charge in [-0.2, -0.15) is 10.2 Å². The molecule has 5 amide bonds. The molecule has 1 aliphatic carbocycles. The Kier molecular flexibility index (Phi) is 12.5. The fourth-order valence-corrected chi connectivity index (χ4v) is 8.82. The molecule has 0 spiro atoms. The van der Waals surface area contributed by atoms with Crippen LogP contribution in [0.2, 0.25) is 0 Å². The van der Waals surface area contributed by atoms with Crippen molar-refractivity contribution in [1.82, 2.24) is 25.7 Å². The number of amides is 5. The van der Waals surface area contributed by atoms with Gasteiger partial charge in [0.25, 0.3) is 11.8 Å². The van der Waals surface area contributed by atoms with E-state index in [2.05, 4.69) is 41.7 Å². The number of carbonyl (C=O) groups excluding carboxylic acids is 5. The first-order chi connectivity index (χ1) is 31.2. The monoisotopic (exact) mass is 913 g/mol. The minimum Gasteiger partial charge on any atom is -0.444 e. The van der Waals surface area contributed by atoms with Gasteiger partial charge in [-0.25, -0.2) is 15.6 Å². The Morgan fingerprint density at radius 3 is 1.67 bits per heavy atom. The van der Waals surface area contributed by atoms with Crippen LogP contribution in [0.5, 0.6) is 0 Å². The van der Waals surface area contributed by atoms with Gasteiger partial charge in [-0.3, -0.25) is 24.1 Å². The molecule has 5 heterocycles. The highest BCUT2D eigenvalue weighted by Crippen LogP contribution is 2.37. The van der Waals surface area contributed by atoms with Crippen LogP contribution in [0.3, 0.4) is 0 Å². The molecule has 3 aliphatic heterocycles. The van der Waals surface area contributed by atoms with Gasteiger partial charge in [0, 0.05) is 56.6 Å². The Bertz CT molecular complexity index is 2940. The van der Waals surface area contributed by atoms with Gasteiger partial charge in [-0.15, -0.1) is 12.4 Å². The van der Waals surface area contributed by atoms with Gasteiger partial charge in [0.05, 0.1) is 53.7 Å². The molecular weight excluding hydrogens is 866 g/mol. The van der Waals surface area contributed by atoms with Crippen LogP contribution in [0.1, 0.15) is 78.3 Å². The Morgan fingerprint density at radius 2 is 1.20 bits per heavy atom. The number of nitrogens with one attached hydrogen (secondary N) is 6. The molecule has 18 heteroatoms. The lowest BCUT2D eigenvalue weighted by atomic mass is 10.0. The number of benzene rings is 4. The number of H-pyrrole nitrogens is 2. The molecule has 8 N–H and O–H groups in total. The maximum Gasteiger partial charge on any atom is 0.411 e. The molecule has 2 fully saturated rings. The van der Waals surface area contributed by atoms with Gasteiger partial charge in [-0.05, 0) is 75.4 Å². The number of anilines is 2. The molecule has 6 aromatic rings. The summed E-state index contributed by atoms with van der Waals surface area (Å²) in [5.74, 6) is -1.55. The highest BCUT2D eigenvalue weighted by Gasteiger charge is 2.41. The Balaban J connectivity index is 0.000000180. The number of likely N-dealkylation sites (tertiary alicyclic amines) is 1. The Labute approximate surface area is 384 Å². The van der Waals surface area contributed by atoms with E-state index in [1.165, 1.54) is 4.90 Å². The third kappa shape index (κ3) is 9.13. The molecule has 10 rings (SSSR count). The Hall–Kier alpha value is -7.34. The van der Waals surface area contributed by atoms with Crippen molar-refractivity contribution in [2.45, 2.75) is 70.3 Å². The number of hydrogen-bond acceptors (Lipinski definition) is 10. The van der Waals surface area contributed by atoms with E-state index < -0.39 is 41.8 Å². The average molecular weight is 914 g/mol. The minimum atomic E-state index is -0.916. The van der Waals surface area contributed by atoms with Crippen molar-refractivity contribution >= 4 is 87.7 Å². The first-order valence-corrected chi connectivity index (χ1v) is 21.4. The lowest BCUT2D eigenvalue weighted by Crippen LogP contribution is -2.45. The van der Waals surface area contributed by atoms with Crippen molar-refractivity contribution in [3.63, 3.8) is 0 Å². The van der Waals surface area contributed by atoms with Gasteiger partial charge in [0.1, 0.15) is 11.6 Å². The highest BCUT2D eigenvalue weighted by molar-refractivity contribution is 6.19. The zero-order valence-electron chi connectivity index (χ0n) is 36.2. The van der Waals surface area contributed by atoms with Gasteiger partial charge in [-0.1, -0.05) is 60.7 Å². The summed E-state index contributed by atoms with van der Waals surface area (Å²) in [5.41, 5.74) is 12.6. The lowest BCUT2D eigenvalue weighted by Gasteiger charge is -2.27. The summed E-state index contributed by atoms with van der Waals surface area (Å²) in [6, 6.07) is 25.4. The molecule has 4 atom stereocenters. The summed E-state index contributed by atoms with van der Waals surface area (Å²) in [7, 11) is 0. The van der Waals surface area contributed by atoms with Crippen LogP contribution in [-0.4, -0.2) is 97.6 Å². The number of aliphatic hydroxyl groups is 2. The second-order valence-electron chi connectivity index (χ2n) is 17.5. The molecule has 4 aromatic carbocycles.